The first-order chi connectivity index (χ1) is 10.6. The number of amides is 1. The van der Waals surface area contributed by atoms with Crippen molar-refractivity contribution in [3.05, 3.63) is 52.5 Å². The molecule has 0 spiro atoms. The number of furan rings is 1. The summed E-state index contributed by atoms with van der Waals surface area (Å²) in [6.07, 6.45) is 0. The molecule has 1 heterocycles. The van der Waals surface area contributed by atoms with Crippen molar-refractivity contribution in [2.45, 2.75) is 32.6 Å². The lowest BCUT2D eigenvalue weighted by atomic mass is 10.1. The number of carbonyl (C=O) groups is 2. The highest BCUT2D eigenvalue weighted by atomic mass is 32.2. The van der Waals surface area contributed by atoms with Gasteiger partial charge in [0.1, 0.15) is 11.5 Å². The number of aryl methyl sites for hydroxylation is 2. The van der Waals surface area contributed by atoms with Gasteiger partial charge in [0, 0.05) is 11.1 Å². The molecule has 0 fully saturated rings. The van der Waals surface area contributed by atoms with Crippen molar-refractivity contribution >= 4 is 21.7 Å². The lowest BCUT2D eigenvalue weighted by molar-refractivity contribution is 0.0977. The Labute approximate surface area is 134 Å². The lowest BCUT2D eigenvalue weighted by Gasteiger charge is -2.07. The van der Waals surface area contributed by atoms with Gasteiger partial charge in [-0.05, 0) is 39.8 Å². The van der Waals surface area contributed by atoms with Crippen LogP contribution in [-0.4, -0.2) is 20.1 Å². The highest BCUT2D eigenvalue weighted by molar-refractivity contribution is 7.90. The van der Waals surface area contributed by atoms with E-state index in [2.05, 4.69) is 0 Å². The molecule has 1 N–H and O–H groups in total. The molecule has 1 amide bonds. The number of ketones is 1. The van der Waals surface area contributed by atoms with Gasteiger partial charge in [0.15, 0.2) is 5.78 Å². The maximum Gasteiger partial charge on any atom is 0.268 e. The molecular formula is C16H17NO5S. The molecular weight excluding hydrogens is 318 g/mol. The molecule has 0 bridgehead atoms. The van der Waals surface area contributed by atoms with Crippen molar-refractivity contribution in [3.63, 3.8) is 0 Å². The standard InChI is InChI=1S/C16H17NO5S/c1-9-11(3)22-12(4)15(9)16(19)17-23(20,21)14-7-5-13(6-8-14)10(2)18/h5-8H,1-4H3,(H,17,19). The van der Waals surface area contributed by atoms with Gasteiger partial charge in [-0.1, -0.05) is 12.1 Å². The molecule has 0 aliphatic rings. The summed E-state index contributed by atoms with van der Waals surface area (Å²) in [5.74, 6) is 0.0149. The molecule has 0 unspecified atom stereocenters. The predicted molar refractivity (Wildman–Crippen MR) is 84.0 cm³/mol. The maximum absolute atomic E-state index is 12.3. The summed E-state index contributed by atoms with van der Waals surface area (Å²) < 4.78 is 31.9. The zero-order chi connectivity index (χ0) is 17.4. The van der Waals surface area contributed by atoms with Crippen LogP contribution in [0.15, 0.2) is 33.6 Å². The Kier molecular flexibility index (Phi) is 4.42. The summed E-state index contributed by atoms with van der Waals surface area (Å²) >= 11 is 0. The van der Waals surface area contributed by atoms with Crippen molar-refractivity contribution in [2.75, 3.05) is 0 Å². The van der Waals surface area contributed by atoms with Gasteiger partial charge in [0.05, 0.1) is 10.5 Å². The molecule has 122 valence electrons. The van der Waals surface area contributed by atoms with Crippen LogP contribution in [0.1, 0.15) is 44.7 Å². The van der Waals surface area contributed by atoms with Gasteiger partial charge in [0.25, 0.3) is 15.9 Å². The van der Waals surface area contributed by atoms with Crippen LogP contribution in [0.2, 0.25) is 0 Å². The van der Waals surface area contributed by atoms with Crippen molar-refractivity contribution in [3.8, 4) is 0 Å². The van der Waals surface area contributed by atoms with Crippen molar-refractivity contribution in [1.29, 1.82) is 0 Å². The first-order valence-corrected chi connectivity index (χ1v) is 8.36. The number of sulfonamides is 1. The van der Waals surface area contributed by atoms with E-state index in [0.29, 0.717) is 22.6 Å². The summed E-state index contributed by atoms with van der Waals surface area (Å²) in [5, 5.41) is 0. The van der Waals surface area contributed by atoms with Crippen LogP contribution < -0.4 is 4.72 Å². The highest BCUT2D eigenvalue weighted by Crippen LogP contribution is 2.21. The Morgan fingerprint density at radius 2 is 1.57 bits per heavy atom. The first kappa shape index (κ1) is 17.0. The van der Waals surface area contributed by atoms with E-state index in [1.54, 1.807) is 20.8 Å². The van der Waals surface area contributed by atoms with E-state index < -0.39 is 15.9 Å². The molecule has 0 atom stereocenters. The van der Waals surface area contributed by atoms with Crippen LogP contribution in [0.25, 0.3) is 0 Å². The Hall–Kier alpha value is -2.41. The number of nitrogens with one attached hydrogen (secondary N) is 1. The predicted octanol–water partition coefficient (Wildman–Crippen LogP) is 2.53. The second-order valence-electron chi connectivity index (χ2n) is 5.23. The normalized spacial score (nSPS) is 11.3. The molecule has 0 saturated heterocycles. The van der Waals surface area contributed by atoms with E-state index in [1.165, 1.54) is 31.2 Å². The highest BCUT2D eigenvalue weighted by Gasteiger charge is 2.24. The maximum atomic E-state index is 12.3. The molecule has 0 saturated carbocycles. The Morgan fingerprint density at radius 1 is 1.00 bits per heavy atom. The average molecular weight is 335 g/mol. The van der Waals surface area contributed by atoms with E-state index in [9.17, 15) is 18.0 Å². The van der Waals surface area contributed by atoms with E-state index in [1.807, 2.05) is 4.72 Å². The monoisotopic (exact) mass is 335 g/mol. The SMILES string of the molecule is CC(=O)c1ccc(S(=O)(=O)NC(=O)c2c(C)oc(C)c2C)cc1. The minimum absolute atomic E-state index is 0.0913. The van der Waals surface area contributed by atoms with E-state index in [-0.39, 0.29) is 16.2 Å². The van der Waals surface area contributed by atoms with E-state index in [0.717, 1.165) is 0 Å². The molecule has 6 nitrogen and oxygen atoms in total. The number of Topliss-reactive ketones (excluding diaryl/α,β-unsaturated/α-hetero) is 1. The van der Waals surface area contributed by atoms with Crippen LogP contribution in [0.4, 0.5) is 0 Å². The van der Waals surface area contributed by atoms with Crippen LogP contribution >= 0.6 is 0 Å². The molecule has 2 rings (SSSR count). The third-order valence-corrected chi connectivity index (χ3v) is 4.93. The van der Waals surface area contributed by atoms with Crippen LogP contribution in [0.5, 0.6) is 0 Å². The third-order valence-electron chi connectivity index (χ3n) is 3.59. The molecule has 7 heteroatoms. The second-order valence-corrected chi connectivity index (χ2v) is 6.91. The van der Waals surface area contributed by atoms with Gasteiger partial charge >= 0.3 is 0 Å². The molecule has 1 aromatic carbocycles. The summed E-state index contributed by atoms with van der Waals surface area (Å²) in [6.45, 7) is 6.38. The Balaban J connectivity index is 2.30. The molecule has 2 aromatic rings. The Morgan fingerprint density at radius 3 is 2.00 bits per heavy atom. The van der Waals surface area contributed by atoms with Gasteiger partial charge < -0.3 is 4.42 Å². The topological polar surface area (TPSA) is 93.5 Å². The fraction of sp³-hybridized carbons (Fsp3) is 0.250. The Bertz CT molecular complexity index is 876. The van der Waals surface area contributed by atoms with E-state index in [4.69, 9.17) is 4.42 Å². The molecule has 1 aromatic heterocycles. The summed E-state index contributed by atoms with van der Waals surface area (Å²) in [6, 6.07) is 5.37. The molecule has 0 aliphatic carbocycles. The average Bonchev–Trinajstić information content (AvgIpc) is 2.71. The smallest absolute Gasteiger partial charge is 0.268 e. The van der Waals surface area contributed by atoms with Crippen LogP contribution in [0.3, 0.4) is 0 Å². The van der Waals surface area contributed by atoms with Gasteiger partial charge in [-0.15, -0.1) is 0 Å². The zero-order valence-corrected chi connectivity index (χ0v) is 14.1. The first-order valence-electron chi connectivity index (χ1n) is 6.88. The second kappa shape index (κ2) is 6.00. The summed E-state index contributed by atoms with van der Waals surface area (Å²) in [7, 11) is -4.03. The van der Waals surface area contributed by atoms with Gasteiger partial charge in [0.2, 0.25) is 0 Å². The third kappa shape index (κ3) is 3.34. The fourth-order valence-electron chi connectivity index (χ4n) is 2.23. The van der Waals surface area contributed by atoms with Crippen LogP contribution in [-0.2, 0) is 10.0 Å². The molecule has 0 aliphatic heterocycles. The van der Waals surface area contributed by atoms with Crippen LogP contribution in [0, 0.1) is 20.8 Å². The summed E-state index contributed by atoms with van der Waals surface area (Å²) in [5.41, 5.74) is 1.21. The minimum Gasteiger partial charge on any atom is -0.466 e. The number of carbonyl (C=O) groups excluding carboxylic acids is 2. The number of hydrogen-bond donors (Lipinski definition) is 1. The van der Waals surface area contributed by atoms with E-state index >= 15 is 0 Å². The van der Waals surface area contributed by atoms with Gasteiger partial charge in [-0.25, -0.2) is 13.1 Å². The zero-order valence-electron chi connectivity index (χ0n) is 13.3. The van der Waals surface area contributed by atoms with Gasteiger partial charge in [-0.2, -0.15) is 0 Å². The summed E-state index contributed by atoms with van der Waals surface area (Å²) in [4.78, 5) is 23.4. The lowest BCUT2D eigenvalue weighted by Crippen LogP contribution is -2.31. The van der Waals surface area contributed by atoms with Crippen molar-refractivity contribution < 1.29 is 22.4 Å². The minimum atomic E-state index is -4.03. The quantitative estimate of drug-likeness (QED) is 0.867. The number of hydrogen-bond acceptors (Lipinski definition) is 5. The van der Waals surface area contributed by atoms with Crippen molar-refractivity contribution in [1.82, 2.24) is 4.72 Å². The molecule has 23 heavy (non-hydrogen) atoms. The number of rotatable bonds is 4. The van der Waals surface area contributed by atoms with Gasteiger partial charge in [-0.3, -0.25) is 9.59 Å². The van der Waals surface area contributed by atoms with Crippen molar-refractivity contribution in [2.24, 2.45) is 0 Å². The largest absolute Gasteiger partial charge is 0.466 e. The fourth-order valence-corrected chi connectivity index (χ4v) is 3.19. The number of benzene rings is 1. The molecule has 0 radical (unpaired) electrons.